The number of amides is 1. The highest BCUT2D eigenvalue weighted by Crippen LogP contribution is 2.28. The largest absolute Gasteiger partial charge is 0.491 e. The standard InChI is InChI=1S/C26H25N5O3.C2H6/c1-18-25-21(9-6-10-22(25)31(29-18)17-19-7-4-3-5-8-19)28-26(32)23-16-27-24-15-20(11-12-30(23)24)34-14-13-33-2;1-2/h3-12,15-16H,13-14,17H2,1-2H3,(H,28,32);1-2H3. The van der Waals surface area contributed by atoms with Crippen LogP contribution in [0.2, 0.25) is 0 Å². The van der Waals surface area contributed by atoms with Crippen molar-refractivity contribution in [3.05, 3.63) is 90.0 Å². The summed E-state index contributed by atoms with van der Waals surface area (Å²) < 4.78 is 14.4. The van der Waals surface area contributed by atoms with Gasteiger partial charge in [-0.2, -0.15) is 5.10 Å². The second-order valence-electron chi connectivity index (χ2n) is 7.96. The fourth-order valence-electron chi connectivity index (χ4n) is 4.05. The molecule has 5 aromatic rings. The fraction of sp³-hybridized carbons (Fsp3) is 0.250. The van der Waals surface area contributed by atoms with Crippen LogP contribution in [-0.2, 0) is 11.3 Å². The summed E-state index contributed by atoms with van der Waals surface area (Å²) in [6.07, 6.45) is 3.35. The van der Waals surface area contributed by atoms with Crippen molar-refractivity contribution in [2.45, 2.75) is 27.3 Å². The highest BCUT2D eigenvalue weighted by Gasteiger charge is 2.17. The van der Waals surface area contributed by atoms with Gasteiger partial charge in [0.25, 0.3) is 5.91 Å². The van der Waals surface area contributed by atoms with E-state index in [4.69, 9.17) is 14.6 Å². The Labute approximate surface area is 210 Å². The van der Waals surface area contributed by atoms with Crippen LogP contribution < -0.4 is 10.1 Å². The molecule has 8 heteroatoms. The van der Waals surface area contributed by atoms with Crippen molar-refractivity contribution in [3.63, 3.8) is 0 Å². The molecular formula is C28H31N5O3. The van der Waals surface area contributed by atoms with Gasteiger partial charge in [-0.1, -0.05) is 50.2 Å². The minimum Gasteiger partial charge on any atom is -0.491 e. The summed E-state index contributed by atoms with van der Waals surface area (Å²) in [5.41, 5.74) is 4.77. The first-order valence-corrected chi connectivity index (χ1v) is 12.0. The monoisotopic (exact) mass is 485 g/mol. The first kappa shape index (κ1) is 24.9. The maximum Gasteiger partial charge on any atom is 0.274 e. The highest BCUT2D eigenvalue weighted by molar-refractivity contribution is 6.08. The molecular weight excluding hydrogens is 454 g/mol. The molecule has 36 heavy (non-hydrogen) atoms. The summed E-state index contributed by atoms with van der Waals surface area (Å²) in [4.78, 5) is 17.6. The first-order valence-electron chi connectivity index (χ1n) is 12.0. The van der Waals surface area contributed by atoms with Gasteiger partial charge in [0.05, 0.1) is 36.2 Å². The number of nitrogens with zero attached hydrogens (tertiary/aromatic N) is 4. The summed E-state index contributed by atoms with van der Waals surface area (Å²) >= 11 is 0. The lowest BCUT2D eigenvalue weighted by Crippen LogP contribution is -2.14. The molecule has 0 bridgehead atoms. The molecule has 3 aromatic heterocycles. The number of aryl methyl sites for hydroxylation is 1. The van der Waals surface area contributed by atoms with E-state index in [-0.39, 0.29) is 5.91 Å². The van der Waals surface area contributed by atoms with E-state index in [0.717, 1.165) is 22.2 Å². The minimum absolute atomic E-state index is 0.247. The van der Waals surface area contributed by atoms with E-state index in [0.29, 0.717) is 42.5 Å². The van der Waals surface area contributed by atoms with E-state index in [9.17, 15) is 4.79 Å². The number of ether oxygens (including phenoxy) is 2. The van der Waals surface area contributed by atoms with Gasteiger partial charge in [-0.3, -0.25) is 13.9 Å². The molecule has 0 aliphatic carbocycles. The van der Waals surface area contributed by atoms with Crippen LogP contribution in [0.3, 0.4) is 0 Å². The van der Waals surface area contributed by atoms with Gasteiger partial charge < -0.3 is 14.8 Å². The number of anilines is 1. The molecule has 0 aliphatic heterocycles. The summed E-state index contributed by atoms with van der Waals surface area (Å²) in [5.74, 6) is 0.427. The van der Waals surface area contributed by atoms with E-state index in [2.05, 4.69) is 22.4 Å². The summed E-state index contributed by atoms with van der Waals surface area (Å²) in [6.45, 7) is 7.56. The number of hydrogen-bond donors (Lipinski definition) is 1. The van der Waals surface area contributed by atoms with Crippen LogP contribution in [0.15, 0.2) is 73.1 Å². The number of fused-ring (bicyclic) bond motifs is 2. The zero-order valence-corrected chi connectivity index (χ0v) is 21.1. The molecule has 1 N–H and O–H groups in total. The van der Waals surface area contributed by atoms with Gasteiger partial charge in [0.1, 0.15) is 23.7 Å². The van der Waals surface area contributed by atoms with E-state index in [1.165, 1.54) is 0 Å². The van der Waals surface area contributed by atoms with Crippen molar-refractivity contribution in [3.8, 4) is 5.75 Å². The van der Waals surface area contributed by atoms with Crippen molar-refractivity contribution in [1.82, 2.24) is 19.2 Å². The van der Waals surface area contributed by atoms with E-state index >= 15 is 0 Å². The van der Waals surface area contributed by atoms with Gasteiger partial charge in [0.15, 0.2) is 0 Å². The number of imidazole rings is 1. The molecule has 5 rings (SSSR count). The van der Waals surface area contributed by atoms with Gasteiger partial charge in [0.2, 0.25) is 0 Å². The molecule has 0 saturated heterocycles. The minimum atomic E-state index is -0.247. The molecule has 0 atom stereocenters. The summed E-state index contributed by atoms with van der Waals surface area (Å²) in [6, 6.07) is 19.6. The second kappa shape index (κ2) is 11.5. The van der Waals surface area contributed by atoms with Crippen LogP contribution in [0, 0.1) is 6.92 Å². The number of hydrogen-bond acceptors (Lipinski definition) is 5. The van der Waals surface area contributed by atoms with Crippen molar-refractivity contribution in [2.24, 2.45) is 0 Å². The van der Waals surface area contributed by atoms with Crippen LogP contribution in [-0.4, -0.2) is 45.4 Å². The van der Waals surface area contributed by atoms with Crippen LogP contribution in [0.4, 0.5) is 5.69 Å². The number of methoxy groups -OCH3 is 1. The van der Waals surface area contributed by atoms with E-state index < -0.39 is 0 Å². The molecule has 8 nitrogen and oxygen atoms in total. The van der Waals surface area contributed by atoms with Crippen molar-refractivity contribution < 1.29 is 14.3 Å². The van der Waals surface area contributed by atoms with Gasteiger partial charge >= 0.3 is 0 Å². The number of pyridine rings is 1. The van der Waals surface area contributed by atoms with E-state index in [1.54, 1.807) is 36.0 Å². The third kappa shape index (κ3) is 5.23. The molecule has 186 valence electrons. The normalized spacial score (nSPS) is 10.8. The molecule has 2 aromatic carbocycles. The molecule has 0 radical (unpaired) electrons. The topological polar surface area (TPSA) is 82.7 Å². The average Bonchev–Trinajstić information content (AvgIpc) is 3.47. The molecule has 1 amide bonds. The number of benzene rings is 2. The average molecular weight is 486 g/mol. The van der Waals surface area contributed by atoms with E-state index in [1.807, 2.05) is 61.9 Å². The quantitative estimate of drug-likeness (QED) is 0.300. The Morgan fingerprint density at radius 1 is 1.03 bits per heavy atom. The maximum absolute atomic E-state index is 13.2. The number of aromatic nitrogens is 4. The zero-order valence-electron chi connectivity index (χ0n) is 21.1. The Morgan fingerprint density at radius 3 is 2.61 bits per heavy atom. The van der Waals surface area contributed by atoms with Gasteiger partial charge in [-0.05, 0) is 30.7 Å². The van der Waals surface area contributed by atoms with Gasteiger partial charge in [0, 0.05) is 24.8 Å². The second-order valence-corrected chi connectivity index (χ2v) is 7.96. The van der Waals surface area contributed by atoms with Crippen LogP contribution in [0.1, 0.15) is 35.6 Å². The summed E-state index contributed by atoms with van der Waals surface area (Å²) in [5, 5.41) is 8.71. The zero-order chi connectivity index (χ0) is 25.5. The Bertz CT molecular complexity index is 1460. The number of carbonyl (C=O) groups excluding carboxylic acids is 1. The predicted molar refractivity (Wildman–Crippen MR) is 142 cm³/mol. The molecule has 0 saturated carbocycles. The van der Waals surface area contributed by atoms with Crippen molar-refractivity contribution in [2.75, 3.05) is 25.6 Å². The Hall–Kier alpha value is -4.17. The smallest absolute Gasteiger partial charge is 0.274 e. The van der Waals surface area contributed by atoms with Gasteiger partial charge in [-0.25, -0.2) is 4.98 Å². The fourth-order valence-corrected chi connectivity index (χ4v) is 4.05. The number of carbonyl (C=O) groups is 1. The predicted octanol–water partition coefficient (Wildman–Crippen LogP) is 5.34. The molecule has 0 fully saturated rings. The molecule has 0 unspecified atom stereocenters. The van der Waals surface area contributed by atoms with Crippen LogP contribution in [0.5, 0.6) is 5.75 Å². The van der Waals surface area contributed by atoms with Crippen molar-refractivity contribution in [1.29, 1.82) is 0 Å². The lowest BCUT2D eigenvalue weighted by atomic mass is 10.1. The number of nitrogens with one attached hydrogen (secondary N) is 1. The Kier molecular flexibility index (Phi) is 7.97. The lowest BCUT2D eigenvalue weighted by Gasteiger charge is -2.09. The van der Waals surface area contributed by atoms with Crippen LogP contribution in [0.25, 0.3) is 16.6 Å². The third-order valence-electron chi connectivity index (χ3n) is 5.65. The van der Waals surface area contributed by atoms with Crippen molar-refractivity contribution >= 4 is 28.1 Å². The SMILES string of the molecule is CC.COCCOc1ccn2c(C(=O)Nc3cccc4c3c(C)nn4Cc3ccccc3)cnc2c1. The highest BCUT2D eigenvalue weighted by atomic mass is 16.5. The lowest BCUT2D eigenvalue weighted by molar-refractivity contribution is 0.102. The van der Waals surface area contributed by atoms with Crippen LogP contribution >= 0.6 is 0 Å². The maximum atomic E-state index is 13.2. The Morgan fingerprint density at radius 2 is 1.83 bits per heavy atom. The third-order valence-corrected chi connectivity index (χ3v) is 5.65. The first-order chi connectivity index (χ1) is 17.6. The molecule has 0 spiro atoms. The molecule has 0 aliphatic rings. The molecule has 3 heterocycles. The van der Waals surface area contributed by atoms with Gasteiger partial charge in [-0.15, -0.1) is 0 Å². The summed E-state index contributed by atoms with van der Waals surface area (Å²) in [7, 11) is 1.63. The number of rotatable bonds is 8. The Balaban J connectivity index is 0.00000148.